The maximum absolute atomic E-state index is 12.3. The van der Waals surface area contributed by atoms with E-state index in [1.807, 2.05) is 23.6 Å². The van der Waals surface area contributed by atoms with Gasteiger partial charge >= 0.3 is 0 Å². The van der Waals surface area contributed by atoms with Crippen molar-refractivity contribution in [2.24, 2.45) is 11.7 Å². The lowest BCUT2D eigenvalue weighted by Crippen LogP contribution is -2.43. The Balaban J connectivity index is 1.56. The maximum Gasteiger partial charge on any atom is 0.241 e. The van der Waals surface area contributed by atoms with Gasteiger partial charge in [0.1, 0.15) is 12.4 Å². The molecule has 1 aliphatic heterocycles. The highest BCUT2D eigenvalue weighted by atomic mass is 32.1. The summed E-state index contributed by atoms with van der Waals surface area (Å²) in [4.78, 5) is 16.5. The van der Waals surface area contributed by atoms with Gasteiger partial charge in [-0.25, -0.2) is 4.98 Å². The van der Waals surface area contributed by atoms with Crippen LogP contribution in [0.4, 0.5) is 5.69 Å². The van der Waals surface area contributed by atoms with E-state index in [4.69, 9.17) is 15.2 Å². The summed E-state index contributed by atoms with van der Waals surface area (Å²) in [6.07, 6.45) is 1.65. The zero-order valence-electron chi connectivity index (χ0n) is 13.3. The molecular formula is C17H21N3O3S. The molecular weight excluding hydrogens is 326 g/mol. The van der Waals surface area contributed by atoms with Crippen molar-refractivity contribution in [3.8, 4) is 5.75 Å². The van der Waals surface area contributed by atoms with Crippen molar-refractivity contribution < 1.29 is 14.3 Å². The number of nitrogens with two attached hydrogens (primary N) is 1. The van der Waals surface area contributed by atoms with Crippen LogP contribution in [0.2, 0.25) is 0 Å². The van der Waals surface area contributed by atoms with E-state index >= 15 is 0 Å². The summed E-state index contributed by atoms with van der Waals surface area (Å²) >= 11 is 1.53. The standard InChI is InChI=1S/C17H21N3O3S/c18-16(12-4-6-22-7-5-12)17(21)20-13-2-1-3-15(8-13)23-9-14-10-24-11-19-14/h1-3,8,10-12,16H,4-7,9,18H2,(H,20,21). The highest BCUT2D eigenvalue weighted by Gasteiger charge is 2.26. The molecule has 1 amide bonds. The average Bonchev–Trinajstić information content (AvgIpc) is 3.14. The molecule has 24 heavy (non-hydrogen) atoms. The first-order valence-corrected chi connectivity index (χ1v) is 8.91. The molecule has 1 aromatic heterocycles. The molecule has 7 heteroatoms. The molecule has 2 aromatic rings. The van der Waals surface area contributed by atoms with Crippen LogP contribution in [0, 0.1) is 5.92 Å². The Bertz CT molecular complexity index is 657. The lowest BCUT2D eigenvalue weighted by Gasteiger charge is -2.26. The monoisotopic (exact) mass is 347 g/mol. The van der Waals surface area contributed by atoms with Gasteiger partial charge in [-0.2, -0.15) is 0 Å². The Morgan fingerprint density at radius 3 is 3.04 bits per heavy atom. The van der Waals surface area contributed by atoms with Gasteiger partial charge in [0, 0.05) is 30.3 Å². The van der Waals surface area contributed by atoms with Crippen molar-refractivity contribution in [2.75, 3.05) is 18.5 Å². The third-order valence-electron chi connectivity index (χ3n) is 4.05. The van der Waals surface area contributed by atoms with Gasteiger partial charge < -0.3 is 20.5 Å². The number of carbonyl (C=O) groups excluding carboxylic acids is 1. The molecule has 6 nitrogen and oxygen atoms in total. The lowest BCUT2D eigenvalue weighted by molar-refractivity contribution is -0.119. The van der Waals surface area contributed by atoms with Crippen LogP contribution in [-0.2, 0) is 16.1 Å². The lowest BCUT2D eigenvalue weighted by atomic mass is 9.92. The molecule has 0 saturated carbocycles. The summed E-state index contributed by atoms with van der Waals surface area (Å²) in [5, 5.41) is 4.82. The number of amides is 1. The van der Waals surface area contributed by atoms with Crippen LogP contribution in [0.1, 0.15) is 18.5 Å². The van der Waals surface area contributed by atoms with Crippen LogP contribution in [-0.4, -0.2) is 30.1 Å². The fourth-order valence-corrected chi connectivity index (χ4v) is 3.19. The molecule has 1 fully saturated rings. The van der Waals surface area contributed by atoms with Crippen LogP contribution < -0.4 is 15.8 Å². The van der Waals surface area contributed by atoms with Crippen molar-refractivity contribution in [2.45, 2.75) is 25.5 Å². The van der Waals surface area contributed by atoms with Crippen molar-refractivity contribution in [3.63, 3.8) is 0 Å². The van der Waals surface area contributed by atoms with E-state index in [2.05, 4.69) is 10.3 Å². The molecule has 0 radical (unpaired) electrons. The summed E-state index contributed by atoms with van der Waals surface area (Å²) in [5.74, 6) is 0.682. The van der Waals surface area contributed by atoms with Crippen molar-refractivity contribution in [1.82, 2.24) is 4.98 Å². The van der Waals surface area contributed by atoms with E-state index in [0.29, 0.717) is 31.3 Å². The third kappa shape index (κ3) is 4.53. The summed E-state index contributed by atoms with van der Waals surface area (Å²) in [6.45, 7) is 1.75. The second-order valence-electron chi connectivity index (χ2n) is 5.76. The van der Waals surface area contributed by atoms with Crippen LogP contribution in [0.5, 0.6) is 5.75 Å². The molecule has 0 bridgehead atoms. The fourth-order valence-electron chi connectivity index (χ4n) is 2.64. The van der Waals surface area contributed by atoms with Gasteiger partial charge in [-0.05, 0) is 30.9 Å². The molecule has 3 N–H and O–H groups in total. The number of carbonyl (C=O) groups is 1. The molecule has 1 aliphatic rings. The van der Waals surface area contributed by atoms with Crippen LogP contribution in [0.25, 0.3) is 0 Å². The van der Waals surface area contributed by atoms with E-state index in [-0.39, 0.29) is 11.8 Å². The molecule has 1 unspecified atom stereocenters. The predicted molar refractivity (Wildman–Crippen MR) is 93.0 cm³/mol. The first-order chi connectivity index (χ1) is 11.7. The second kappa shape index (κ2) is 8.23. The van der Waals surface area contributed by atoms with E-state index in [1.54, 1.807) is 11.6 Å². The van der Waals surface area contributed by atoms with Crippen LogP contribution in [0.3, 0.4) is 0 Å². The average molecular weight is 347 g/mol. The van der Waals surface area contributed by atoms with Gasteiger partial charge in [0.15, 0.2) is 0 Å². The third-order valence-corrected chi connectivity index (χ3v) is 4.68. The van der Waals surface area contributed by atoms with Crippen molar-refractivity contribution in [3.05, 3.63) is 40.8 Å². The SMILES string of the molecule is NC(C(=O)Nc1cccc(OCc2cscn2)c1)C1CCOCC1. The number of hydrogen-bond donors (Lipinski definition) is 2. The minimum absolute atomic E-state index is 0.168. The van der Waals surface area contributed by atoms with Gasteiger partial charge in [0.2, 0.25) is 5.91 Å². The Hall–Kier alpha value is -1.96. The Kier molecular flexibility index (Phi) is 5.79. The number of nitrogens with one attached hydrogen (secondary N) is 1. The summed E-state index contributed by atoms with van der Waals surface area (Å²) in [7, 11) is 0. The van der Waals surface area contributed by atoms with Crippen LogP contribution >= 0.6 is 11.3 Å². The quantitative estimate of drug-likeness (QED) is 0.838. The van der Waals surface area contributed by atoms with E-state index in [1.165, 1.54) is 11.3 Å². The number of aromatic nitrogens is 1. The Labute approximate surface area is 145 Å². The number of anilines is 1. The molecule has 1 atom stereocenters. The molecule has 0 spiro atoms. The topological polar surface area (TPSA) is 86.5 Å². The number of hydrogen-bond acceptors (Lipinski definition) is 6. The zero-order valence-corrected chi connectivity index (χ0v) is 14.1. The summed E-state index contributed by atoms with van der Waals surface area (Å²) in [6, 6.07) is 6.78. The smallest absolute Gasteiger partial charge is 0.241 e. The van der Waals surface area contributed by atoms with Gasteiger partial charge in [-0.3, -0.25) is 4.79 Å². The first kappa shape index (κ1) is 16.9. The zero-order chi connectivity index (χ0) is 16.8. The fraction of sp³-hybridized carbons (Fsp3) is 0.412. The highest BCUT2D eigenvalue weighted by Crippen LogP contribution is 2.21. The molecule has 2 heterocycles. The van der Waals surface area contributed by atoms with Gasteiger partial charge in [-0.15, -0.1) is 11.3 Å². The van der Waals surface area contributed by atoms with Crippen molar-refractivity contribution in [1.29, 1.82) is 0 Å². The Morgan fingerprint density at radius 2 is 2.29 bits per heavy atom. The highest BCUT2D eigenvalue weighted by molar-refractivity contribution is 7.07. The van der Waals surface area contributed by atoms with E-state index in [9.17, 15) is 4.79 Å². The summed E-state index contributed by atoms with van der Waals surface area (Å²) < 4.78 is 11.0. The molecule has 1 saturated heterocycles. The number of ether oxygens (including phenoxy) is 2. The minimum atomic E-state index is -0.520. The largest absolute Gasteiger partial charge is 0.487 e. The van der Waals surface area contributed by atoms with Gasteiger partial charge in [0.05, 0.1) is 17.2 Å². The number of rotatable bonds is 6. The van der Waals surface area contributed by atoms with Crippen molar-refractivity contribution >= 4 is 22.9 Å². The first-order valence-electron chi connectivity index (χ1n) is 7.96. The summed E-state index contributed by atoms with van der Waals surface area (Å²) in [5.41, 5.74) is 9.43. The number of thiazole rings is 1. The van der Waals surface area contributed by atoms with Gasteiger partial charge in [0.25, 0.3) is 0 Å². The Morgan fingerprint density at radius 1 is 1.46 bits per heavy atom. The minimum Gasteiger partial charge on any atom is -0.487 e. The number of benzene rings is 1. The molecule has 0 aliphatic carbocycles. The van der Waals surface area contributed by atoms with Gasteiger partial charge in [-0.1, -0.05) is 6.07 Å². The predicted octanol–water partition coefficient (Wildman–Crippen LogP) is 2.41. The second-order valence-corrected chi connectivity index (χ2v) is 6.48. The normalized spacial score (nSPS) is 16.5. The number of nitrogens with zero attached hydrogens (tertiary/aromatic N) is 1. The molecule has 128 valence electrons. The molecule has 3 rings (SSSR count). The molecule has 1 aromatic carbocycles. The maximum atomic E-state index is 12.3. The van der Waals surface area contributed by atoms with E-state index in [0.717, 1.165) is 18.5 Å². The van der Waals surface area contributed by atoms with Crippen LogP contribution in [0.15, 0.2) is 35.2 Å². The van der Waals surface area contributed by atoms with E-state index < -0.39 is 6.04 Å².